The van der Waals surface area contributed by atoms with Crippen molar-refractivity contribution in [3.8, 4) is 0 Å². The molecule has 1 rings (SSSR count). The molecule has 0 radical (unpaired) electrons. The zero-order valence-corrected chi connectivity index (χ0v) is 12.2. The van der Waals surface area contributed by atoms with Gasteiger partial charge in [-0.2, -0.15) is 0 Å². The van der Waals surface area contributed by atoms with E-state index in [9.17, 15) is 4.79 Å². The van der Waals surface area contributed by atoms with Gasteiger partial charge in [-0.15, -0.1) is 0 Å². The third-order valence-corrected chi connectivity index (χ3v) is 3.00. The van der Waals surface area contributed by atoms with Gasteiger partial charge in [-0.05, 0) is 38.7 Å². The molecule has 0 saturated heterocycles. The molecule has 0 aliphatic carbocycles. The fraction of sp³-hybridized carbons (Fsp3) is 0.571. The number of nitrogens with one attached hydrogen (secondary N) is 2. The summed E-state index contributed by atoms with van der Waals surface area (Å²) in [7, 11) is 0. The van der Waals surface area contributed by atoms with Crippen LogP contribution in [0.15, 0.2) is 12.3 Å². The Kier molecular flexibility index (Phi) is 5.76. The number of anilines is 1. The lowest BCUT2D eigenvalue weighted by Crippen LogP contribution is -2.33. The van der Waals surface area contributed by atoms with Crippen LogP contribution in [0.3, 0.4) is 0 Å². The number of hydrazine groups is 1. The van der Waals surface area contributed by atoms with Crippen LogP contribution in [0, 0.1) is 12.8 Å². The highest BCUT2D eigenvalue weighted by atomic mass is 16.1. The van der Waals surface area contributed by atoms with Gasteiger partial charge in [0, 0.05) is 17.9 Å². The molecule has 1 heterocycles. The van der Waals surface area contributed by atoms with Crippen molar-refractivity contribution in [3.63, 3.8) is 0 Å². The highest BCUT2D eigenvalue weighted by Gasteiger charge is 2.14. The molecule has 1 unspecified atom stereocenters. The Labute approximate surface area is 115 Å². The number of aromatic nitrogens is 1. The topological polar surface area (TPSA) is 80.0 Å². The minimum atomic E-state index is -0.142. The molecule has 0 saturated carbocycles. The molecule has 5 heteroatoms. The largest absolute Gasteiger partial charge is 0.349 e. The molecule has 0 aromatic carbocycles. The molecule has 1 atom stereocenters. The maximum atomic E-state index is 12.1. The number of pyridine rings is 1. The van der Waals surface area contributed by atoms with E-state index in [2.05, 4.69) is 29.6 Å². The molecular weight excluding hydrogens is 240 g/mol. The van der Waals surface area contributed by atoms with Crippen molar-refractivity contribution in [1.82, 2.24) is 10.3 Å². The molecule has 0 spiro atoms. The van der Waals surface area contributed by atoms with Gasteiger partial charge in [-0.25, -0.2) is 0 Å². The standard InChI is InChI=1S/C14H24N4O/c1-9(2)5-6-10(3)17-14(19)12-8-16-11(4)7-13(12)18-15/h7-10H,5-6,15H2,1-4H3,(H,16,18)(H,17,19). The zero-order chi connectivity index (χ0) is 14.4. The first kappa shape index (κ1) is 15.4. The lowest BCUT2D eigenvalue weighted by molar-refractivity contribution is 0.0937. The summed E-state index contributed by atoms with van der Waals surface area (Å²) in [6.07, 6.45) is 3.61. The number of aryl methyl sites for hydroxylation is 1. The molecule has 1 amide bonds. The number of carbonyl (C=O) groups excluding carboxylic acids is 1. The van der Waals surface area contributed by atoms with Crippen LogP contribution in [0.4, 0.5) is 5.69 Å². The first-order chi connectivity index (χ1) is 8.93. The second-order valence-corrected chi connectivity index (χ2v) is 5.36. The molecule has 19 heavy (non-hydrogen) atoms. The minimum Gasteiger partial charge on any atom is -0.349 e. The molecular formula is C14H24N4O. The Morgan fingerprint density at radius 1 is 1.37 bits per heavy atom. The molecule has 1 aromatic rings. The lowest BCUT2D eigenvalue weighted by atomic mass is 10.0. The lowest BCUT2D eigenvalue weighted by Gasteiger charge is -2.16. The quantitative estimate of drug-likeness (QED) is 0.543. The molecule has 0 aliphatic rings. The molecule has 1 aromatic heterocycles. The van der Waals surface area contributed by atoms with E-state index in [1.165, 1.54) is 0 Å². The van der Waals surface area contributed by atoms with Crippen molar-refractivity contribution < 1.29 is 4.79 Å². The normalized spacial score (nSPS) is 12.3. The van der Waals surface area contributed by atoms with E-state index in [-0.39, 0.29) is 11.9 Å². The summed E-state index contributed by atoms with van der Waals surface area (Å²) in [6.45, 7) is 8.22. The van der Waals surface area contributed by atoms with Crippen molar-refractivity contribution in [1.29, 1.82) is 0 Å². The minimum absolute atomic E-state index is 0.141. The number of rotatable bonds is 6. The fourth-order valence-corrected chi connectivity index (χ4v) is 1.82. The van der Waals surface area contributed by atoms with Gasteiger partial charge in [-0.3, -0.25) is 15.6 Å². The Hall–Kier alpha value is -1.62. The van der Waals surface area contributed by atoms with Crippen molar-refractivity contribution in [2.24, 2.45) is 11.8 Å². The first-order valence-corrected chi connectivity index (χ1v) is 6.68. The highest BCUT2D eigenvalue weighted by molar-refractivity contribution is 5.99. The predicted molar refractivity (Wildman–Crippen MR) is 77.8 cm³/mol. The van der Waals surface area contributed by atoms with Crippen LogP contribution in [0.1, 0.15) is 49.7 Å². The highest BCUT2D eigenvalue weighted by Crippen LogP contribution is 2.15. The maximum absolute atomic E-state index is 12.1. The van der Waals surface area contributed by atoms with E-state index in [1.807, 2.05) is 13.8 Å². The number of amides is 1. The van der Waals surface area contributed by atoms with Crippen molar-refractivity contribution in [2.75, 3.05) is 5.43 Å². The monoisotopic (exact) mass is 264 g/mol. The van der Waals surface area contributed by atoms with Crippen LogP contribution < -0.4 is 16.6 Å². The Bertz CT molecular complexity index is 431. The summed E-state index contributed by atoms with van der Waals surface area (Å²) in [5.41, 5.74) is 4.43. The molecule has 0 aliphatic heterocycles. The van der Waals surface area contributed by atoms with Crippen LogP contribution >= 0.6 is 0 Å². The van der Waals surface area contributed by atoms with E-state index in [4.69, 9.17) is 5.84 Å². The van der Waals surface area contributed by atoms with Gasteiger partial charge in [-0.1, -0.05) is 13.8 Å². The van der Waals surface area contributed by atoms with Crippen LogP contribution in [-0.2, 0) is 0 Å². The number of nitrogen functional groups attached to an aromatic ring is 1. The van der Waals surface area contributed by atoms with Gasteiger partial charge in [0.1, 0.15) is 0 Å². The number of nitrogens with two attached hydrogens (primary N) is 1. The average Bonchev–Trinajstić information content (AvgIpc) is 2.35. The molecule has 0 fully saturated rings. The van der Waals surface area contributed by atoms with Gasteiger partial charge in [0.15, 0.2) is 0 Å². The van der Waals surface area contributed by atoms with E-state index in [0.717, 1.165) is 18.5 Å². The number of nitrogens with zero attached hydrogens (tertiary/aromatic N) is 1. The van der Waals surface area contributed by atoms with Gasteiger partial charge in [0.25, 0.3) is 5.91 Å². The summed E-state index contributed by atoms with van der Waals surface area (Å²) in [5.74, 6) is 5.93. The maximum Gasteiger partial charge on any atom is 0.255 e. The Balaban J connectivity index is 2.67. The van der Waals surface area contributed by atoms with Crippen molar-refractivity contribution >= 4 is 11.6 Å². The predicted octanol–water partition coefficient (Wildman–Crippen LogP) is 2.23. The smallest absolute Gasteiger partial charge is 0.255 e. The molecule has 5 nitrogen and oxygen atoms in total. The first-order valence-electron chi connectivity index (χ1n) is 6.68. The van der Waals surface area contributed by atoms with E-state index >= 15 is 0 Å². The van der Waals surface area contributed by atoms with Gasteiger partial charge in [0.05, 0.1) is 11.3 Å². The molecule has 106 valence electrons. The Morgan fingerprint density at radius 2 is 2.05 bits per heavy atom. The van der Waals surface area contributed by atoms with E-state index in [0.29, 0.717) is 17.2 Å². The zero-order valence-electron chi connectivity index (χ0n) is 12.2. The molecule has 0 bridgehead atoms. The second kappa shape index (κ2) is 7.09. The summed E-state index contributed by atoms with van der Waals surface area (Å²) in [6, 6.07) is 1.90. The third-order valence-electron chi connectivity index (χ3n) is 3.00. The SMILES string of the molecule is Cc1cc(NN)c(C(=O)NC(C)CCC(C)C)cn1. The number of hydrogen-bond acceptors (Lipinski definition) is 4. The summed E-state index contributed by atoms with van der Waals surface area (Å²) in [5, 5.41) is 2.97. The van der Waals surface area contributed by atoms with Crippen molar-refractivity contribution in [2.45, 2.75) is 46.6 Å². The van der Waals surface area contributed by atoms with Gasteiger partial charge in [0.2, 0.25) is 0 Å². The van der Waals surface area contributed by atoms with Crippen LogP contribution in [-0.4, -0.2) is 16.9 Å². The van der Waals surface area contributed by atoms with Crippen molar-refractivity contribution in [3.05, 3.63) is 23.5 Å². The molecule has 4 N–H and O–H groups in total. The number of carbonyl (C=O) groups is 1. The van der Waals surface area contributed by atoms with Gasteiger partial charge < -0.3 is 10.7 Å². The van der Waals surface area contributed by atoms with Gasteiger partial charge >= 0.3 is 0 Å². The fourth-order valence-electron chi connectivity index (χ4n) is 1.82. The van der Waals surface area contributed by atoms with E-state index in [1.54, 1.807) is 12.3 Å². The van der Waals surface area contributed by atoms with Crippen LogP contribution in [0.25, 0.3) is 0 Å². The second-order valence-electron chi connectivity index (χ2n) is 5.36. The average molecular weight is 264 g/mol. The Morgan fingerprint density at radius 3 is 2.63 bits per heavy atom. The van der Waals surface area contributed by atoms with Crippen LogP contribution in [0.5, 0.6) is 0 Å². The van der Waals surface area contributed by atoms with Crippen LogP contribution in [0.2, 0.25) is 0 Å². The summed E-state index contributed by atoms with van der Waals surface area (Å²) in [4.78, 5) is 16.3. The summed E-state index contributed by atoms with van der Waals surface area (Å²) >= 11 is 0. The van der Waals surface area contributed by atoms with E-state index < -0.39 is 0 Å². The summed E-state index contributed by atoms with van der Waals surface area (Å²) < 4.78 is 0. The third kappa shape index (κ3) is 4.87. The number of hydrogen-bond donors (Lipinski definition) is 3.